The van der Waals surface area contributed by atoms with Crippen LogP contribution in [0, 0.1) is 5.82 Å². The Kier molecular flexibility index (Phi) is 4.71. The molecule has 0 bridgehead atoms. The third-order valence-electron chi connectivity index (χ3n) is 5.78. The highest BCUT2D eigenvalue weighted by Gasteiger charge is 2.19. The van der Waals surface area contributed by atoms with E-state index in [1.165, 1.54) is 0 Å². The van der Waals surface area contributed by atoms with Gasteiger partial charge in [-0.2, -0.15) is 0 Å². The second-order valence-corrected chi connectivity index (χ2v) is 7.72. The number of halogens is 1. The van der Waals surface area contributed by atoms with Gasteiger partial charge in [0.25, 0.3) is 5.56 Å². The molecule has 5 heterocycles. The van der Waals surface area contributed by atoms with Gasteiger partial charge >= 0.3 is 0 Å². The number of aromatic amines is 1. The van der Waals surface area contributed by atoms with Crippen molar-refractivity contribution in [1.29, 1.82) is 0 Å². The summed E-state index contributed by atoms with van der Waals surface area (Å²) in [6.07, 6.45) is 7.87. The van der Waals surface area contributed by atoms with E-state index in [1.54, 1.807) is 22.9 Å². The summed E-state index contributed by atoms with van der Waals surface area (Å²) in [7, 11) is 0. The van der Waals surface area contributed by atoms with Crippen molar-refractivity contribution in [2.75, 3.05) is 31.1 Å². The fourth-order valence-electron chi connectivity index (χ4n) is 4.09. The molecule has 4 aromatic rings. The number of imidazole rings is 1. The predicted molar refractivity (Wildman–Crippen MR) is 114 cm³/mol. The summed E-state index contributed by atoms with van der Waals surface area (Å²) in [5, 5.41) is 0. The lowest BCUT2D eigenvalue weighted by Gasteiger charge is -2.36. The molecule has 0 unspecified atom stereocenters. The van der Waals surface area contributed by atoms with Gasteiger partial charge in [0.15, 0.2) is 11.5 Å². The number of aryl methyl sites for hydroxylation is 1. The zero-order chi connectivity index (χ0) is 20.7. The number of nitrogens with zero attached hydrogens (tertiary/aromatic N) is 5. The Hall–Kier alpha value is -3.26. The second-order valence-electron chi connectivity index (χ2n) is 7.72. The van der Waals surface area contributed by atoms with Gasteiger partial charge in [0.2, 0.25) is 0 Å². The van der Waals surface area contributed by atoms with Crippen molar-refractivity contribution in [1.82, 2.24) is 24.3 Å². The first kappa shape index (κ1) is 18.7. The summed E-state index contributed by atoms with van der Waals surface area (Å²) in [4.78, 5) is 28.2. The SMILES string of the molecule is CCc1cc2ncc(CN3CCN(c4cc(F)c5nccn5c4)CC3)cc2[nH]c1=O. The van der Waals surface area contributed by atoms with E-state index in [2.05, 4.69) is 24.8 Å². The number of pyridine rings is 3. The molecule has 0 aromatic carbocycles. The maximum atomic E-state index is 14.3. The fraction of sp³-hybridized carbons (Fsp3) is 0.318. The first-order chi connectivity index (χ1) is 14.6. The molecule has 1 saturated heterocycles. The molecule has 1 fully saturated rings. The molecule has 7 nitrogen and oxygen atoms in total. The maximum absolute atomic E-state index is 14.3. The van der Waals surface area contributed by atoms with Gasteiger partial charge in [-0.15, -0.1) is 0 Å². The lowest BCUT2D eigenvalue weighted by Crippen LogP contribution is -2.46. The van der Waals surface area contributed by atoms with Gasteiger partial charge in [0, 0.05) is 69.1 Å². The summed E-state index contributed by atoms with van der Waals surface area (Å²) in [5.74, 6) is -0.303. The van der Waals surface area contributed by atoms with Crippen LogP contribution in [0.1, 0.15) is 18.1 Å². The average molecular weight is 406 g/mol. The van der Waals surface area contributed by atoms with Crippen LogP contribution in [0.5, 0.6) is 0 Å². The van der Waals surface area contributed by atoms with Crippen LogP contribution in [0.4, 0.5) is 10.1 Å². The second kappa shape index (κ2) is 7.53. The van der Waals surface area contributed by atoms with E-state index in [-0.39, 0.29) is 11.4 Å². The third-order valence-corrected chi connectivity index (χ3v) is 5.78. The summed E-state index contributed by atoms with van der Waals surface area (Å²) in [6.45, 7) is 6.10. The summed E-state index contributed by atoms with van der Waals surface area (Å²) >= 11 is 0. The molecule has 1 N–H and O–H groups in total. The molecule has 0 atom stereocenters. The normalized spacial score (nSPS) is 15.3. The van der Waals surface area contributed by atoms with E-state index in [0.29, 0.717) is 12.1 Å². The minimum atomic E-state index is -0.303. The summed E-state index contributed by atoms with van der Waals surface area (Å²) < 4.78 is 16.0. The zero-order valence-electron chi connectivity index (χ0n) is 16.8. The average Bonchev–Trinajstić information content (AvgIpc) is 3.23. The Morgan fingerprint density at radius 1 is 1.13 bits per heavy atom. The van der Waals surface area contributed by atoms with Crippen LogP contribution in [0.3, 0.4) is 0 Å². The highest BCUT2D eigenvalue weighted by atomic mass is 19.1. The van der Waals surface area contributed by atoms with Crippen LogP contribution >= 0.6 is 0 Å². The number of nitrogens with one attached hydrogen (secondary N) is 1. The van der Waals surface area contributed by atoms with E-state index in [1.807, 2.05) is 31.5 Å². The number of aromatic nitrogens is 4. The van der Waals surface area contributed by atoms with Crippen LogP contribution in [0.2, 0.25) is 0 Å². The molecular formula is C22H23FN6O. The number of H-pyrrole nitrogens is 1. The highest BCUT2D eigenvalue weighted by Crippen LogP contribution is 2.21. The van der Waals surface area contributed by atoms with Gasteiger partial charge in [-0.3, -0.25) is 14.7 Å². The molecule has 154 valence electrons. The number of hydrogen-bond acceptors (Lipinski definition) is 5. The number of anilines is 1. The minimum absolute atomic E-state index is 0.0420. The smallest absolute Gasteiger partial charge is 0.251 e. The number of fused-ring (bicyclic) bond motifs is 2. The maximum Gasteiger partial charge on any atom is 0.251 e. The summed E-state index contributed by atoms with van der Waals surface area (Å²) in [5.41, 5.74) is 4.60. The van der Waals surface area contributed by atoms with Crippen LogP contribution in [-0.4, -0.2) is 50.4 Å². The van der Waals surface area contributed by atoms with E-state index in [0.717, 1.165) is 60.6 Å². The topological polar surface area (TPSA) is 69.5 Å². The molecule has 1 aliphatic heterocycles. The van der Waals surface area contributed by atoms with E-state index >= 15 is 0 Å². The van der Waals surface area contributed by atoms with Crippen molar-refractivity contribution in [3.8, 4) is 0 Å². The van der Waals surface area contributed by atoms with Gasteiger partial charge in [-0.25, -0.2) is 9.37 Å². The van der Waals surface area contributed by atoms with Gasteiger partial charge in [-0.1, -0.05) is 6.92 Å². The van der Waals surface area contributed by atoms with Crippen molar-refractivity contribution >= 4 is 22.4 Å². The third kappa shape index (κ3) is 3.43. The quantitative estimate of drug-likeness (QED) is 0.564. The van der Waals surface area contributed by atoms with Crippen molar-refractivity contribution in [3.05, 3.63) is 70.3 Å². The van der Waals surface area contributed by atoms with Gasteiger partial charge < -0.3 is 14.3 Å². The molecule has 0 aliphatic carbocycles. The zero-order valence-corrected chi connectivity index (χ0v) is 16.8. The molecule has 30 heavy (non-hydrogen) atoms. The van der Waals surface area contributed by atoms with Crippen LogP contribution in [0.25, 0.3) is 16.7 Å². The molecule has 8 heteroatoms. The lowest BCUT2D eigenvalue weighted by atomic mass is 10.1. The Bertz CT molecular complexity index is 1270. The first-order valence-corrected chi connectivity index (χ1v) is 10.2. The number of hydrogen-bond donors (Lipinski definition) is 1. The van der Waals surface area contributed by atoms with E-state index in [9.17, 15) is 9.18 Å². The Morgan fingerprint density at radius 3 is 2.77 bits per heavy atom. The monoisotopic (exact) mass is 406 g/mol. The van der Waals surface area contributed by atoms with Crippen molar-refractivity contribution in [2.45, 2.75) is 19.9 Å². The van der Waals surface area contributed by atoms with Gasteiger partial charge in [0.05, 0.1) is 16.7 Å². The van der Waals surface area contributed by atoms with Crippen LogP contribution in [-0.2, 0) is 13.0 Å². The van der Waals surface area contributed by atoms with E-state index < -0.39 is 0 Å². The van der Waals surface area contributed by atoms with Gasteiger partial charge in [0.1, 0.15) is 0 Å². The molecule has 4 aromatic heterocycles. The first-order valence-electron chi connectivity index (χ1n) is 10.2. The Labute approximate surface area is 172 Å². The molecule has 0 spiro atoms. The number of piperazine rings is 1. The Balaban J connectivity index is 1.28. The van der Waals surface area contributed by atoms with Crippen molar-refractivity contribution < 1.29 is 4.39 Å². The summed E-state index contributed by atoms with van der Waals surface area (Å²) in [6, 6.07) is 5.44. The van der Waals surface area contributed by atoms with E-state index in [4.69, 9.17) is 0 Å². The number of rotatable bonds is 4. The molecule has 5 rings (SSSR count). The lowest BCUT2D eigenvalue weighted by molar-refractivity contribution is 0.249. The molecule has 0 amide bonds. The Morgan fingerprint density at radius 2 is 1.97 bits per heavy atom. The van der Waals surface area contributed by atoms with Crippen LogP contribution < -0.4 is 10.5 Å². The standard InChI is InChI=1S/C22H23FN6O/c1-2-16-10-19-20(26-22(16)30)9-15(12-25-19)13-27-5-7-28(8-6-27)17-11-18(23)21-24-3-4-29(21)14-17/h3-4,9-12,14H,2,5-8,13H2,1H3,(H,26,30). The predicted octanol–water partition coefficient (Wildman–Crippen LogP) is 2.59. The van der Waals surface area contributed by atoms with Crippen molar-refractivity contribution in [3.63, 3.8) is 0 Å². The highest BCUT2D eigenvalue weighted by molar-refractivity contribution is 5.74. The molecule has 0 saturated carbocycles. The van der Waals surface area contributed by atoms with Crippen LogP contribution in [0.15, 0.2) is 47.8 Å². The molecular weight excluding hydrogens is 383 g/mol. The van der Waals surface area contributed by atoms with Gasteiger partial charge in [-0.05, 0) is 24.1 Å². The largest absolute Gasteiger partial charge is 0.368 e. The molecule has 1 aliphatic rings. The van der Waals surface area contributed by atoms with Crippen molar-refractivity contribution in [2.24, 2.45) is 0 Å². The fourth-order valence-corrected chi connectivity index (χ4v) is 4.09. The minimum Gasteiger partial charge on any atom is -0.368 e. The molecule has 0 radical (unpaired) electrons.